The summed E-state index contributed by atoms with van der Waals surface area (Å²) in [5, 5.41) is 3.22. The van der Waals surface area contributed by atoms with Gasteiger partial charge in [-0.25, -0.2) is 4.98 Å². The lowest BCUT2D eigenvalue weighted by atomic mass is 10.1. The monoisotopic (exact) mass is 408 g/mol. The van der Waals surface area contributed by atoms with Gasteiger partial charge in [0.2, 0.25) is 5.89 Å². The van der Waals surface area contributed by atoms with E-state index in [-0.39, 0.29) is 5.91 Å². The summed E-state index contributed by atoms with van der Waals surface area (Å²) < 4.78 is 16.2. The first-order valence-electron chi connectivity index (χ1n) is 8.77. The number of hydrogen-bond donors (Lipinski definition) is 1. The Balaban J connectivity index is 1.65. The molecule has 29 heavy (non-hydrogen) atoms. The van der Waals surface area contributed by atoms with Gasteiger partial charge in [0.1, 0.15) is 17.0 Å². The SMILES string of the molecule is COc1cc(OC)cc(C(=O)Nc2cc(-c3nc4ccccc4o3)ccc2Cl)c1. The van der Waals surface area contributed by atoms with Crippen LogP contribution < -0.4 is 14.8 Å². The second-order valence-corrected chi connectivity index (χ2v) is 6.64. The predicted molar refractivity (Wildman–Crippen MR) is 112 cm³/mol. The number of oxazole rings is 1. The largest absolute Gasteiger partial charge is 0.497 e. The van der Waals surface area contributed by atoms with E-state index in [1.54, 1.807) is 36.4 Å². The van der Waals surface area contributed by atoms with E-state index < -0.39 is 0 Å². The number of carbonyl (C=O) groups is 1. The summed E-state index contributed by atoms with van der Waals surface area (Å²) in [5.74, 6) is 1.13. The number of fused-ring (bicyclic) bond motifs is 1. The van der Waals surface area contributed by atoms with E-state index in [9.17, 15) is 4.79 Å². The molecule has 0 atom stereocenters. The Morgan fingerprint density at radius 1 is 1.00 bits per heavy atom. The van der Waals surface area contributed by atoms with Crippen molar-refractivity contribution in [2.45, 2.75) is 0 Å². The van der Waals surface area contributed by atoms with Gasteiger partial charge in [-0.2, -0.15) is 0 Å². The number of anilines is 1. The second kappa shape index (κ2) is 7.85. The number of methoxy groups -OCH3 is 2. The van der Waals surface area contributed by atoms with E-state index in [1.807, 2.05) is 24.3 Å². The Hall–Kier alpha value is -3.51. The van der Waals surface area contributed by atoms with E-state index in [0.29, 0.717) is 44.8 Å². The summed E-state index contributed by atoms with van der Waals surface area (Å²) in [5.41, 5.74) is 2.96. The molecule has 0 fully saturated rings. The van der Waals surface area contributed by atoms with Crippen LogP contribution in [0.25, 0.3) is 22.6 Å². The smallest absolute Gasteiger partial charge is 0.255 e. The van der Waals surface area contributed by atoms with Crippen LogP contribution >= 0.6 is 11.6 Å². The topological polar surface area (TPSA) is 73.6 Å². The minimum absolute atomic E-state index is 0.348. The molecule has 0 unspecified atom stereocenters. The number of hydrogen-bond acceptors (Lipinski definition) is 5. The number of rotatable bonds is 5. The number of nitrogens with one attached hydrogen (secondary N) is 1. The van der Waals surface area contributed by atoms with Crippen LogP contribution in [0.4, 0.5) is 5.69 Å². The molecule has 0 bridgehead atoms. The first-order valence-corrected chi connectivity index (χ1v) is 9.15. The molecule has 1 N–H and O–H groups in total. The zero-order valence-corrected chi connectivity index (χ0v) is 16.5. The quantitative estimate of drug-likeness (QED) is 0.477. The fourth-order valence-electron chi connectivity index (χ4n) is 2.88. The lowest BCUT2D eigenvalue weighted by Gasteiger charge is -2.11. The van der Waals surface area contributed by atoms with Gasteiger partial charge in [0.15, 0.2) is 5.58 Å². The average molecular weight is 409 g/mol. The molecule has 4 rings (SSSR count). The van der Waals surface area contributed by atoms with Gasteiger partial charge < -0.3 is 19.2 Å². The summed E-state index contributed by atoms with van der Waals surface area (Å²) in [4.78, 5) is 17.3. The predicted octanol–water partition coefficient (Wildman–Crippen LogP) is 5.42. The van der Waals surface area contributed by atoms with Crippen molar-refractivity contribution >= 4 is 34.3 Å². The number of nitrogens with zero attached hydrogens (tertiary/aromatic N) is 1. The molecule has 1 amide bonds. The highest BCUT2D eigenvalue weighted by atomic mass is 35.5. The maximum absolute atomic E-state index is 12.8. The van der Waals surface area contributed by atoms with E-state index in [1.165, 1.54) is 14.2 Å². The average Bonchev–Trinajstić information content (AvgIpc) is 3.19. The first kappa shape index (κ1) is 18.8. The molecule has 0 saturated heterocycles. The molecule has 0 aliphatic rings. The van der Waals surface area contributed by atoms with Crippen molar-refractivity contribution in [3.05, 3.63) is 71.2 Å². The third kappa shape index (κ3) is 3.88. The molecule has 0 saturated carbocycles. The van der Waals surface area contributed by atoms with Gasteiger partial charge in [-0.1, -0.05) is 23.7 Å². The standard InChI is InChI=1S/C22H17ClN2O4/c1-27-15-9-14(10-16(12-15)28-2)21(26)24-19-11-13(7-8-17(19)23)22-25-18-5-3-4-6-20(18)29-22/h3-12H,1-2H3,(H,24,26). The molecule has 7 heteroatoms. The molecule has 6 nitrogen and oxygen atoms in total. The zero-order chi connectivity index (χ0) is 20.4. The normalized spacial score (nSPS) is 10.7. The van der Waals surface area contributed by atoms with Gasteiger partial charge in [0.25, 0.3) is 5.91 Å². The van der Waals surface area contributed by atoms with Crippen molar-refractivity contribution in [2.75, 3.05) is 19.5 Å². The Labute approximate surface area is 172 Å². The van der Waals surface area contributed by atoms with Crippen LogP contribution in [-0.4, -0.2) is 25.1 Å². The Morgan fingerprint density at radius 3 is 2.41 bits per heavy atom. The first-order chi connectivity index (χ1) is 14.1. The van der Waals surface area contributed by atoms with Gasteiger partial charge in [-0.15, -0.1) is 0 Å². The van der Waals surface area contributed by atoms with E-state index in [2.05, 4.69) is 10.3 Å². The molecule has 0 spiro atoms. The number of ether oxygens (including phenoxy) is 2. The van der Waals surface area contributed by atoms with Crippen LogP contribution in [0.3, 0.4) is 0 Å². The summed E-state index contributed by atoms with van der Waals surface area (Å²) in [6, 6.07) is 17.6. The van der Waals surface area contributed by atoms with Crippen molar-refractivity contribution < 1.29 is 18.7 Å². The second-order valence-electron chi connectivity index (χ2n) is 6.24. The van der Waals surface area contributed by atoms with Crippen LogP contribution in [0.15, 0.2) is 65.1 Å². The van der Waals surface area contributed by atoms with Crippen LogP contribution in [0.1, 0.15) is 10.4 Å². The van der Waals surface area contributed by atoms with Gasteiger partial charge in [-0.3, -0.25) is 4.79 Å². The van der Waals surface area contributed by atoms with Crippen molar-refractivity contribution in [3.8, 4) is 23.0 Å². The molecular weight excluding hydrogens is 392 g/mol. The number of aromatic nitrogens is 1. The minimum Gasteiger partial charge on any atom is -0.497 e. The number of carbonyl (C=O) groups excluding carboxylic acids is 1. The fourth-order valence-corrected chi connectivity index (χ4v) is 3.05. The number of benzene rings is 3. The van der Waals surface area contributed by atoms with Crippen molar-refractivity contribution in [1.29, 1.82) is 0 Å². The summed E-state index contributed by atoms with van der Waals surface area (Å²) in [6.07, 6.45) is 0. The summed E-state index contributed by atoms with van der Waals surface area (Å²) in [6.45, 7) is 0. The van der Waals surface area contributed by atoms with Crippen LogP contribution in [0.5, 0.6) is 11.5 Å². The lowest BCUT2D eigenvalue weighted by Crippen LogP contribution is -2.12. The van der Waals surface area contributed by atoms with E-state index >= 15 is 0 Å². The molecule has 4 aromatic rings. The van der Waals surface area contributed by atoms with Gasteiger partial charge in [-0.05, 0) is 42.5 Å². The molecule has 146 valence electrons. The summed E-state index contributed by atoms with van der Waals surface area (Å²) >= 11 is 6.30. The molecule has 0 aliphatic heterocycles. The summed E-state index contributed by atoms with van der Waals surface area (Å²) in [7, 11) is 3.05. The van der Waals surface area contributed by atoms with Gasteiger partial charge >= 0.3 is 0 Å². The van der Waals surface area contributed by atoms with Gasteiger partial charge in [0.05, 0.1) is 24.9 Å². The highest BCUT2D eigenvalue weighted by Crippen LogP contribution is 2.31. The maximum atomic E-state index is 12.8. The minimum atomic E-state index is -0.348. The Morgan fingerprint density at radius 2 is 1.72 bits per heavy atom. The molecule has 1 aromatic heterocycles. The maximum Gasteiger partial charge on any atom is 0.255 e. The zero-order valence-electron chi connectivity index (χ0n) is 15.7. The molecule has 1 heterocycles. The third-order valence-electron chi connectivity index (χ3n) is 4.37. The highest BCUT2D eigenvalue weighted by molar-refractivity contribution is 6.34. The molecular formula is C22H17ClN2O4. The lowest BCUT2D eigenvalue weighted by molar-refractivity contribution is 0.102. The van der Waals surface area contributed by atoms with Gasteiger partial charge in [0, 0.05) is 17.2 Å². The van der Waals surface area contributed by atoms with Crippen molar-refractivity contribution in [3.63, 3.8) is 0 Å². The van der Waals surface area contributed by atoms with Crippen molar-refractivity contribution in [2.24, 2.45) is 0 Å². The Kier molecular flexibility index (Phi) is 5.10. The fraction of sp³-hybridized carbons (Fsp3) is 0.0909. The number of amides is 1. The number of halogens is 1. The van der Waals surface area contributed by atoms with Crippen molar-refractivity contribution in [1.82, 2.24) is 4.98 Å². The van der Waals surface area contributed by atoms with Crippen LogP contribution in [0.2, 0.25) is 5.02 Å². The van der Waals surface area contributed by atoms with E-state index in [0.717, 1.165) is 5.52 Å². The third-order valence-corrected chi connectivity index (χ3v) is 4.70. The molecule has 3 aromatic carbocycles. The van der Waals surface area contributed by atoms with Crippen LogP contribution in [-0.2, 0) is 0 Å². The Bertz CT molecular complexity index is 1150. The molecule has 0 radical (unpaired) electrons. The van der Waals surface area contributed by atoms with E-state index in [4.69, 9.17) is 25.5 Å². The molecule has 0 aliphatic carbocycles. The highest BCUT2D eigenvalue weighted by Gasteiger charge is 2.14. The number of para-hydroxylation sites is 2. The van der Waals surface area contributed by atoms with Crippen LogP contribution in [0, 0.1) is 0 Å².